The van der Waals surface area contributed by atoms with E-state index in [1.807, 2.05) is 20.8 Å². The third-order valence-electron chi connectivity index (χ3n) is 3.50. The maximum absolute atomic E-state index is 12.1. The van der Waals surface area contributed by atoms with E-state index >= 15 is 0 Å². The number of nitrogens with zero attached hydrogens (tertiary/aromatic N) is 4. The number of carbonyl (C=O) groups excluding carboxylic acids is 1. The molecule has 1 atom stereocenters. The standard InChI is InChI=1S/C15H20N4O3S/c1-15(2,3)21-14(20)19-5-4-10(8-19)13-17-12(22-18-13)6-11-7-16-9-23-11/h7,9-10H,4-6,8H2,1-3H3. The molecule has 1 aliphatic heterocycles. The van der Waals surface area contributed by atoms with Crippen molar-refractivity contribution >= 4 is 17.4 Å². The number of ether oxygens (including phenoxy) is 1. The first-order valence-electron chi connectivity index (χ1n) is 7.58. The Hall–Kier alpha value is -1.96. The van der Waals surface area contributed by atoms with Crippen LogP contribution in [0.3, 0.4) is 0 Å². The number of hydrogen-bond donors (Lipinski definition) is 0. The molecule has 0 N–H and O–H groups in total. The van der Waals surface area contributed by atoms with Gasteiger partial charge in [0.05, 0.1) is 11.9 Å². The molecule has 8 heteroatoms. The molecule has 3 heterocycles. The van der Waals surface area contributed by atoms with E-state index < -0.39 is 5.60 Å². The van der Waals surface area contributed by atoms with E-state index in [0.29, 0.717) is 31.2 Å². The van der Waals surface area contributed by atoms with E-state index in [1.54, 1.807) is 27.9 Å². The Balaban J connectivity index is 1.59. The second-order valence-corrected chi connectivity index (χ2v) is 7.57. The van der Waals surface area contributed by atoms with Gasteiger partial charge in [-0.1, -0.05) is 5.16 Å². The number of carbonyl (C=O) groups is 1. The lowest BCUT2D eigenvalue weighted by Gasteiger charge is -2.24. The van der Waals surface area contributed by atoms with Crippen LogP contribution in [0, 0.1) is 0 Å². The van der Waals surface area contributed by atoms with Gasteiger partial charge in [0.2, 0.25) is 5.89 Å². The van der Waals surface area contributed by atoms with Crippen molar-refractivity contribution in [2.45, 2.75) is 45.1 Å². The van der Waals surface area contributed by atoms with Crippen molar-refractivity contribution < 1.29 is 14.1 Å². The lowest BCUT2D eigenvalue weighted by molar-refractivity contribution is 0.0292. The van der Waals surface area contributed by atoms with E-state index in [2.05, 4.69) is 15.1 Å². The maximum atomic E-state index is 12.1. The van der Waals surface area contributed by atoms with Gasteiger partial charge in [0, 0.05) is 30.1 Å². The molecule has 0 radical (unpaired) electrons. The second kappa shape index (κ2) is 6.27. The minimum Gasteiger partial charge on any atom is -0.444 e. The zero-order valence-electron chi connectivity index (χ0n) is 13.5. The van der Waals surface area contributed by atoms with Gasteiger partial charge in [-0.25, -0.2) is 4.79 Å². The molecule has 7 nitrogen and oxygen atoms in total. The van der Waals surface area contributed by atoms with Crippen molar-refractivity contribution in [3.05, 3.63) is 28.3 Å². The van der Waals surface area contributed by atoms with Crippen LogP contribution < -0.4 is 0 Å². The normalized spacial score (nSPS) is 18.4. The predicted molar refractivity (Wildman–Crippen MR) is 84.4 cm³/mol. The zero-order chi connectivity index (χ0) is 16.4. The molecule has 0 aromatic carbocycles. The van der Waals surface area contributed by atoms with Crippen LogP contribution in [0.1, 0.15) is 49.7 Å². The fourth-order valence-corrected chi connectivity index (χ4v) is 3.03. The number of aromatic nitrogens is 3. The van der Waals surface area contributed by atoms with Crippen LogP contribution in [0.15, 0.2) is 16.2 Å². The highest BCUT2D eigenvalue weighted by Crippen LogP contribution is 2.27. The van der Waals surface area contributed by atoms with Crippen LogP contribution in [-0.2, 0) is 11.2 Å². The Morgan fingerprint density at radius 1 is 1.52 bits per heavy atom. The van der Waals surface area contributed by atoms with Crippen LogP contribution in [0.5, 0.6) is 0 Å². The second-order valence-electron chi connectivity index (χ2n) is 6.60. The number of rotatable bonds is 3. The summed E-state index contributed by atoms with van der Waals surface area (Å²) < 4.78 is 10.7. The molecule has 23 heavy (non-hydrogen) atoms. The number of amides is 1. The average Bonchev–Trinajstić information content (AvgIpc) is 3.17. The van der Waals surface area contributed by atoms with Gasteiger partial charge in [-0.15, -0.1) is 11.3 Å². The largest absolute Gasteiger partial charge is 0.444 e. The summed E-state index contributed by atoms with van der Waals surface area (Å²) in [5.74, 6) is 1.34. The quantitative estimate of drug-likeness (QED) is 0.857. The molecule has 0 aliphatic carbocycles. The SMILES string of the molecule is CC(C)(C)OC(=O)N1CCC(c2noc(Cc3cncs3)n2)C1. The summed E-state index contributed by atoms with van der Waals surface area (Å²) in [6.07, 6.45) is 2.93. The summed E-state index contributed by atoms with van der Waals surface area (Å²) in [6.45, 7) is 6.81. The molecular formula is C15H20N4O3S. The lowest BCUT2D eigenvalue weighted by Crippen LogP contribution is -2.35. The van der Waals surface area contributed by atoms with Gasteiger partial charge in [-0.05, 0) is 27.2 Å². The van der Waals surface area contributed by atoms with Crippen molar-refractivity contribution in [2.75, 3.05) is 13.1 Å². The highest BCUT2D eigenvalue weighted by molar-refractivity contribution is 7.09. The Bertz CT molecular complexity index is 663. The summed E-state index contributed by atoms with van der Waals surface area (Å²) in [6, 6.07) is 0. The van der Waals surface area contributed by atoms with E-state index in [1.165, 1.54) is 0 Å². The Labute approximate surface area is 138 Å². The van der Waals surface area contributed by atoms with E-state index in [0.717, 1.165) is 11.3 Å². The van der Waals surface area contributed by atoms with Gasteiger partial charge in [0.25, 0.3) is 0 Å². The highest BCUT2D eigenvalue weighted by Gasteiger charge is 2.32. The average molecular weight is 336 g/mol. The first-order chi connectivity index (χ1) is 10.9. The molecule has 1 unspecified atom stereocenters. The fourth-order valence-electron chi connectivity index (χ4n) is 2.45. The smallest absolute Gasteiger partial charge is 0.410 e. The highest BCUT2D eigenvalue weighted by atomic mass is 32.1. The van der Waals surface area contributed by atoms with Crippen molar-refractivity contribution in [2.24, 2.45) is 0 Å². The third kappa shape index (κ3) is 4.07. The monoisotopic (exact) mass is 336 g/mol. The van der Waals surface area contributed by atoms with Gasteiger partial charge in [0.15, 0.2) is 5.82 Å². The zero-order valence-corrected chi connectivity index (χ0v) is 14.3. The Kier molecular flexibility index (Phi) is 4.34. The minimum absolute atomic E-state index is 0.0986. The number of thiazole rings is 1. The van der Waals surface area contributed by atoms with E-state index in [9.17, 15) is 4.79 Å². The molecule has 2 aromatic rings. The van der Waals surface area contributed by atoms with Gasteiger partial charge in [0.1, 0.15) is 5.60 Å². The summed E-state index contributed by atoms with van der Waals surface area (Å²) in [5, 5.41) is 4.07. The summed E-state index contributed by atoms with van der Waals surface area (Å²) in [4.78, 5) is 23.4. The maximum Gasteiger partial charge on any atom is 0.410 e. The first kappa shape index (κ1) is 15.9. The van der Waals surface area contributed by atoms with E-state index in [4.69, 9.17) is 9.26 Å². The van der Waals surface area contributed by atoms with Crippen molar-refractivity contribution in [1.82, 2.24) is 20.0 Å². The molecule has 1 fully saturated rings. The fraction of sp³-hybridized carbons (Fsp3) is 0.600. The Morgan fingerprint density at radius 2 is 2.35 bits per heavy atom. The van der Waals surface area contributed by atoms with Crippen molar-refractivity contribution in [3.8, 4) is 0 Å². The topological polar surface area (TPSA) is 81.4 Å². The van der Waals surface area contributed by atoms with Crippen LogP contribution in [0.25, 0.3) is 0 Å². The summed E-state index contributed by atoms with van der Waals surface area (Å²) in [7, 11) is 0. The lowest BCUT2D eigenvalue weighted by atomic mass is 10.1. The molecular weight excluding hydrogens is 316 g/mol. The summed E-state index contributed by atoms with van der Waals surface area (Å²) >= 11 is 1.56. The molecule has 0 saturated carbocycles. The predicted octanol–water partition coefficient (Wildman–Crippen LogP) is 2.84. The molecule has 0 spiro atoms. The minimum atomic E-state index is -0.483. The molecule has 3 rings (SSSR count). The molecule has 1 aliphatic rings. The summed E-state index contributed by atoms with van der Waals surface area (Å²) in [5.41, 5.74) is 1.30. The van der Waals surface area contributed by atoms with Crippen molar-refractivity contribution in [3.63, 3.8) is 0 Å². The van der Waals surface area contributed by atoms with Crippen LogP contribution in [0.4, 0.5) is 4.79 Å². The molecule has 1 saturated heterocycles. The molecule has 124 valence electrons. The van der Waals surface area contributed by atoms with Crippen LogP contribution in [-0.4, -0.2) is 44.8 Å². The molecule has 1 amide bonds. The number of hydrogen-bond acceptors (Lipinski definition) is 7. The number of likely N-dealkylation sites (tertiary alicyclic amines) is 1. The molecule has 2 aromatic heterocycles. The van der Waals surface area contributed by atoms with E-state index in [-0.39, 0.29) is 12.0 Å². The van der Waals surface area contributed by atoms with Crippen molar-refractivity contribution in [1.29, 1.82) is 0 Å². The van der Waals surface area contributed by atoms with Gasteiger partial charge < -0.3 is 14.2 Å². The van der Waals surface area contributed by atoms with Gasteiger partial charge >= 0.3 is 6.09 Å². The third-order valence-corrected chi connectivity index (χ3v) is 4.28. The molecule has 0 bridgehead atoms. The Morgan fingerprint density at radius 3 is 3.04 bits per heavy atom. The van der Waals surface area contributed by atoms with Crippen LogP contribution in [0.2, 0.25) is 0 Å². The van der Waals surface area contributed by atoms with Gasteiger partial charge in [-0.2, -0.15) is 4.98 Å². The van der Waals surface area contributed by atoms with Crippen LogP contribution >= 0.6 is 11.3 Å². The van der Waals surface area contributed by atoms with Gasteiger partial charge in [-0.3, -0.25) is 4.98 Å². The first-order valence-corrected chi connectivity index (χ1v) is 8.46.